The number of nitrogens with one attached hydrogen (secondary N) is 2. The average molecular weight is 370 g/mol. The molecule has 0 fully saturated rings. The quantitative estimate of drug-likeness (QED) is 0.655. The zero-order chi connectivity index (χ0) is 19.5. The van der Waals surface area contributed by atoms with Crippen LogP contribution in [-0.4, -0.2) is 37.5 Å². The van der Waals surface area contributed by atoms with Gasteiger partial charge in [0.05, 0.1) is 12.2 Å². The van der Waals surface area contributed by atoms with Crippen molar-refractivity contribution in [3.05, 3.63) is 65.7 Å². The van der Waals surface area contributed by atoms with E-state index in [1.54, 1.807) is 24.3 Å². The van der Waals surface area contributed by atoms with Gasteiger partial charge in [0.15, 0.2) is 6.61 Å². The van der Waals surface area contributed by atoms with E-state index in [9.17, 15) is 14.4 Å². The van der Waals surface area contributed by atoms with Crippen molar-refractivity contribution in [2.45, 2.75) is 13.5 Å². The van der Waals surface area contributed by atoms with E-state index in [1.165, 1.54) is 0 Å². The van der Waals surface area contributed by atoms with Gasteiger partial charge in [-0.3, -0.25) is 14.4 Å². The van der Waals surface area contributed by atoms with Gasteiger partial charge in [-0.2, -0.15) is 0 Å². The monoisotopic (exact) mass is 370 g/mol. The van der Waals surface area contributed by atoms with Crippen LogP contribution in [0.5, 0.6) is 5.75 Å². The number of carbonyl (C=O) groups excluding carboxylic acids is 3. The fourth-order valence-electron chi connectivity index (χ4n) is 2.23. The third-order valence-electron chi connectivity index (χ3n) is 3.52. The highest BCUT2D eigenvalue weighted by Crippen LogP contribution is 2.17. The lowest BCUT2D eigenvalue weighted by atomic mass is 10.2. The first kappa shape index (κ1) is 20.0. The Morgan fingerprint density at radius 2 is 1.63 bits per heavy atom. The molecule has 7 nitrogen and oxygen atoms in total. The van der Waals surface area contributed by atoms with Gasteiger partial charge in [0.25, 0.3) is 11.8 Å². The molecule has 0 aliphatic carbocycles. The number of carbonyl (C=O) groups is 3. The summed E-state index contributed by atoms with van der Waals surface area (Å²) in [5.74, 6) is -1.14. The average Bonchev–Trinajstić information content (AvgIpc) is 2.70. The highest BCUT2D eigenvalue weighted by atomic mass is 16.5. The molecule has 0 unspecified atom stereocenters. The van der Waals surface area contributed by atoms with Gasteiger partial charge in [-0.25, -0.2) is 0 Å². The molecular weight excluding hydrogens is 348 g/mol. The van der Waals surface area contributed by atoms with Gasteiger partial charge in [0, 0.05) is 6.54 Å². The zero-order valence-corrected chi connectivity index (χ0v) is 15.1. The summed E-state index contributed by atoms with van der Waals surface area (Å²) in [6, 6.07) is 16.1. The summed E-state index contributed by atoms with van der Waals surface area (Å²) in [6.07, 6.45) is 0. The number of para-hydroxylation sites is 1. The zero-order valence-electron chi connectivity index (χ0n) is 15.1. The minimum absolute atomic E-state index is 0.327. The van der Waals surface area contributed by atoms with Crippen LogP contribution in [0, 0.1) is 0 Å². The highest BCUT2D eigenvalue weighted by molar-refractivity contribution is 5.98. The molecular formula is C20H22N2O5. The minimum atomic E-state index is -0.702. The standard InChI is InChI=1S/C20H22N2O5/c1-2-26-17-11-7-6-10-16(17)20(25)22-13-19(24)27-14-18(23)21-12-15-8-4-3-5-9-15/h3-11H,2,12-14H2,1H3,(H,21,23)(H,22,25). The van der Waals surface area contributed by atoms with Gasteiger partial charge in [-0.05, 0) is 24.6 Å². The summed E-state index contributed by atoms with van der Waals surface area (Å²) in [5.41, 5.74) is 1.27. The number of rotatable bonds is 9. The van der Waals surface area contributed by atoms with Crippen LogP contribution >= 0.6 is 0 Å². The number of hydrogen-bond acceptors (Lipinski definition) is 5. The van der Waals surface area contributed by atoms with Gasteiger partial charge in [-0.15, -0.1) is 0 Å². The molecule has 0 bridgehead atoms. The van der Waals surface area contributed by atoms with E-state index < -0.39 is 24.4 Å². The second-order valence-electron chi connectivity index (χ2n) is 5.53. The van der Waals surface area contributed by atoms with Crippen molar-refractivity contribution >= 4 is 17.8 Å². The molecule has 142 valence electrons. The molecule has 0 atom stereocenters. The maximum Gasteiger partial charge on any atom is 0.325 e. The lowest BCUT2D eigenvalue weighted by Gasteiger charge is -2.10. The van der Waals surface area contributed by atoms with Crippen molar-refractivity contribution < 1.29 is 23.9 Å². The molecule has 0 saturated carbocycles. The smallest absolute Gasteiger partial charge is 0.325 e. The van der Waals surface area contributed by atoms with Crippen LogP contribution in [0.4, 0.5) is 0 Å². The first-order valence-corrected chi connectivity index (χ1v) is 8.56. The lowest BCUT2D eigenvalue weighted by Crippen LogP contribution is -2.34. The van der Waals surface area contributed by atoms with Gasteiger partial charge in [0.2, 0.25) is 0 Å². The Balaban J connectivity index is 1.71. The van der Waals surface area contributed by atoms with Crippen molar-refractivity contribution in [2.24, 2.45) is 0 Å². The predicted molar refractivity (Wildman–Crippen MR) is 99.2 cm³/mol. The van der Waals surface area contributed by atoms with Crippen LogP contribution in [-0.2, 0) is 20.9 Å². The van der Waals surface area contributed by atoms with Gasteiger partial charge < -0.3 is 20.1 Å². The Hall–Kier alpha value is -3.35. The molecule has 27 heavy (non-hydrogen) atoms. The largest absolute Gasteiger partial charge is 0.493 e. The van der Waals surface area contributed by atoms with Crippen LogP contribution < -0.4 is 15.4 Å². The molecule has 0 aliphatic heterocycles. The maximum atomic E-state index is 12.2. The van der Waals surface area contributed by atoms with Crippen molar-refractivity contribution in [3.8, 4) is 5.75 Å². The highest BCUT2D eigenvalue weighted by Gasteiger charge is 2.14. The van der Waals surface area contributed by atoms with Crippen LogP contribution in [0.1, 0.15) is 22.8 Å². The Morgan fingerprint density at radius 3 is 2.37 bits per heavy atom. The Labute approximate surface area is 157 Å². The minimum Gasteiger partial charge on any atom is -0.493 e. The number of hydrogen-bond donors (Lipinski definition) is 2. The summed E-state index contributed by atoms with van der Waals surface area (Å²) < 4.78 is 10.2. The van der Waals surface area contributed by atoms with E-state index in [0.717, 1.165) is 5.56 Å². The molecule has 2 amide bonds. The first-order valence-electron chi connectivity index (χ1n) is 8.56. The molecule has 0 spiro atoms. The molecule has 0 aliphatic rings. The number of esters is 1. The molecule has 2 rings (SSSR count). The number of amides is 2. The summed E-state index contributed by atoms with van der Waals surface area (Å²) in [6.45, 7) is 1.84. The molecule has 7 heteroatoms. The third-order valence-corrected chi connectivity index (χ3v) is 3.52. The van der Waals surface area contributed by atoms with Gasteiger partial charge in [0.1, 0.15) is 12.3 Å². The van der Waals surface area contributed by atoms with E-state index in [-0.39, 0.29) is 6.54 Å². The topological polar surface area (TPSA) is 93.7 Å². The lowest BCUT2D eigenvalue weighted by molar-refractivity contribution is -0.147. The van der Waals surface area contributed by atoms with Crippen molar-refractivity contribution in [1.29, 1.82) is 0 Å². The van der Waals surface area contributed by atoms with Crippen LogP contribution in [0.2, 0.25) is 0 Å². The summed E-state index contributed by atoms with van der Waals surface area (Å²) in [7, 11) is 0. The first-order chi connectivity index (χ1) is 13.1. The van der Waals surface area contributed by atoms with E-state index in [2.05, 4.69) is 10.6 Å². The van der Waals surface area contributed by atoms with Crippen LogP contribution in [0.25, 0.3) is 0 Å². The van der Waals surface area contributed by atoms with E-state index >= 15 is 0 Å². The summed E-state index contributed by atoms with van der Waals surface area (Å²) in [5, 5.41) is 5.10. The molecule has 0 saturated heterocycles. The molecule has 0 aromatic heterocycles. The normalized spacial score (nSPS) is 9.96. The van der Waals surface area contributed by atoms with Crippen LogP contribution in [0.3, 0.4) is 0 Å². The summed E-state index contributed by atoms with van der Waals surface area (Å²) in [4.78, 5) is 35.6. The van der Waals surface area contributed by atoms with E-state index in [1.807, 2.05) is 37.3 Å². The Kier molecular flexibility index (Phi) is 7.84. The van der Waals surface area contributed by atoms with Crippen molar-refractivity contribution in [3.63, 3.8) is 0 Å². The van der Waals surface area contributed by atoms with Crippen molar-refractivity contribution in [2.75, 3.05) is 19.8 Å². The van der Waals surface area contributed by atoms with E-state index in [0.29, 0.717) is 24.5 Å². The molecule has 2 N–H and O–H groups in total. The number of benzene rings is 2. The SMILES string of the molecule is CCOc1ccccc1C(=O)NCC(=O)OCC(=O)NCc1ccccc1. The molecule has 2 aromatic carbocycles. The maximum absolute atomic E-state index is 12.2. The van der Waals surface area contributed by atoms with Crippen molar-refractivity contribution in [1.82, 2.24) is 10.6 Å². The molecule has 2 aromatic rings. The fraction of sp³-hybridized carbons (Fsp3) is 0.250. The third kappa shape index (κ3) is 6.81. The second kappa shape index (κ2) is 10.6. The number of ether oxygens (including phenoxy) is 2. The van der Waals surface area contributed by atoms with Crippen LogP contribution in [0.15, 0.2) is 54.6 Å². The second-order valence-corrected chi connectivity index (χ2v) is 5.53. The predicted octanol–water partition coefficient (Wildman–Crippen LogP) is 1.67. The molecule has 0 heterocycles. The Bertz CT molecular complexity index is 777. The van der Waals surface area contributed by atoms with E-state index in [4.69, 9.17) is 9.47 Å². The Morgan fingerprint density at radius 1 is 0.926 bits per heavy atom. The molecule has 0 radical (unpaired) electrons. The van der Waals surface area contributed by atoms with Gasteiger partial charge in [-0.1, -0.05) is 42.5 Å². The summed E-state index contributed by atoms with van der Waals surface area (Å²) >= 11 is 0. The fourth-order valence-corrected chi connectivity index (χ4v) is 2.23. The van der Waals surface area contributed by atoms with Gasteiger partial charge >= 0.3 is 5.97 Å².